The minimum atomic E-state index is -0.274. The lowest BCUT2D eigenvalue weighted by Crippen LogP contribution is -2.34. The van der Waals surface area contributed by atoms with Crippen molar-refractivity contribution in [3.8, 4) is 5.75 Å². The maximum Gasteiger partial charge on any atom is 0.255 e. The van der Waals surface area contributed by atoms with Crippen molar-refractivity contribution in [1.29, 1.82) is 0 Å². The van der Waals surface area contributed by atoms with Gasteiger partial charge in [-0.25, -0.2) is 0 Å². The van der Waals surface area contributed by atoms with Crippen molar-refractivity contribution >= 4 is 17.5 Å². The Morgan fingerprint density at radius 3 is 2.26 bits per heavy atom. The van der Waals surface area contributed by atoms with E-state index in [-0.39, 0.29) is 17.9 Å². The summed E-state index contributed by atoms with van der Waals surface area (Å²) in [4.78, 5) is 25.2. The topological polar surface area (TPSA) is 67.4 Å². The van der Waals surface area contributed by atoms with Crippen LogP contribution in [-0.2, 0) is 0 Å². The third-order valence-corrected chi connectivity index (χ3v) is 4.93. The number of hydrogen-bond acceptors (Lipinski definition) is 3. The highest BCUT2D eigenvalue weighted by Crippen LogP contribution is 2.24. The molecule has 1 aliphatic rings. The van der Waals surface area contributed by atoms with E-state index in [2.05, 4.69) is 10.6 Å². The van der Waals surface area contributed by atoms with E-state index in [1.54, 1.807) is 43.5 Å². The summed E-state index contributed by atoms with van der Waals surface area (Å²) in [6.07, 6.45) is 6.86. The number of hydrogen-bond donors (Lipinski definition) is 2. The number of carbonyl (C=O) groups excluding carboxylic acids is 2. The molecule has 0 radical (unpaired) electrons. The number of para-hydroxylation sites is 2. The molecule has 1 fully saturated rings. The molecule has 0 atom stereocenters. The van der Waals surface area contributed by atoms with E-state index in [9.17, 15) is 9.59 Å². The molecule has 0 heterocycles. The van der Waals surface area contributed by atoms with Crippen LogP contribution in [0.5, 0.6) is 5.75 Å². The second-order valence-corrected chi connectivity index (χ2v) is 6.90. The van der Waals surface area contributed by atoms with Crippen molar-refractivity contribution in [3.63, 3.8) is 0 Å². The second kappa shape index (κ2) is 9.21. The Hall–Kier alpha value is -2.82. The van der Waals surface area contributed by atoms with Crippen molar-refractivity contribution in [2.24, 2.45) is 0 Å². The molecule has 1 saturated carbocycles. The van der Waals surface area contributed by atoms with Crippen LogP contribution in [0.1, 0.15) is 59.2 Å². The van der Waals surface area contributed by atoms with Gasteiger partial charge >= 0.3 is 0 Å². The van der Waals surface area contributed by atoms with E-state index < -0.39 is 0 Å². The van der Waals surface area contributed by atoms with Gasteiger partial charge in [-0.1, -0.05) is 43.9 Å². The fourth-order valence-electron chi connectivity index (χ4n) is 3.44. The van der Waals surface area contributed by atoms with Gasteiger partial charge < -0.3 is 15.4 Å². The number of amides is 2. The number of nitrogens with one attached hydrogen (secondary N) is 2. The lowest BCUT2D eigenvalue weighted by Gasteiger charge is -2.16. The Morgan fingerprint density at radius 1 is 0.889 bits per heavy atom. The summed E-state index contributed by atoms with van der Waals surface area (Å²) in [5.74, 6) is 0.200. The molecule has 0 bridgehead atoms. The zero-order valence-corrected chi connectivity index (χ0v) is 15.7. The standard InChI is InChI=1S/C22H26N2O3/c1-27-20-14-7-6-13-19(20)24-22(26)17-10-8-9-16(15-17)21(25)23-18-11-4-2-3-5-12-18/h6-10,13-15,18H,2-5,11-12H2,1H3,(H,23,25)(H,24,26). The smallest absolute Gasteiger partial charge is 0.255 e. The highest BCUT2D eigenvalue weighted by atomic mass is 16.5. The minimum absolute atomic E-state index is 0.117. The second-order valence-electron chi connectivity index (χ2n) is 6.90. The van der Waals surface area contributed by atoms with Gasteiger partial charge in [0.15, 0.2) is 0 Å². The highest BCUT2D eigenvalue weighted by Gasteiger charge is 2.17. The van der Waals surface area contributed by atoms with Gasteiger partial charge in [0, 0.05) is 17.2 Å². The Balaban J connectivity index is 1.68. The van der Waals surface area contributed by atoms with Crippen LogP contribution in [0, 0.1) is 0 Å². The van der Waals surface area contributed by atoms with E-state index in [1.165, 1.54) is 12.8 Å². The predicted molar refractivity (Wildman–Crippen MR) is 106 cm³/mol. The average molecular weight is 366 g/mol. The van der Waals surface area contributed by atoms with Gasteiger partial charge in [0.2, 0.25) is 0 Å². The van der Waals surface area contributed by atoms with Gasteiger partial charge in [-0.15, -0.1) is 0 Å². The van der Waals surface area contributed by atoms with Crippen molar-refractivity contribution < 1.29 is 14.3 Å². The van der Waals surface area contributed by atoms with Crippen molar-refractivity contribution in [1.82, 2.24) is 5.32 Å². The zero-order valence-electron chi connectivity index (χ0n) is 15.7. The molecule has 3 rings (SSSR count). The molecular weight excluding hydrogens is 340 g/mol. The summed E-state index contributed by atoms with van der Waals surface area (Å²) in [6.45, 7) is 0. The first-order valence-corrected chi connectivity index (χ1v) is 9.52. The van der Waals surface area contributed by atoms with Gasteiger partial charge in [-0.2, -0.15) is 0 Å². The lowest BCUT2D eigenvalue weighted by molar-refractivity contribution is 0.0933. The predicted octanol–water partition coefficient (Wildman–Crippen LogP) is 4.40. The van der Waals surface area contributed by atoms with Gasteiger partial charge in [0.25, 0.3) is 11.8 Å². The molecule has 5 heteroatoms. The zero-order chi connectivity index (χ0) is 19.1. The normalized spacial score (nSPS) is 14.9. The van der Waals surface area contributed by atoms with Crippen LogP contribution in [-0.4, -0.2) is 25.0 Å². The summed E-state index contributed by atoms with van der Waals surface area (Å²) in [5.41, 5.74) is 1.54. The summed E-state index contributed by atoms with van der Waals surface area (Å²) < 4.78 is 5.26. The first-order chi connectivity index (χ1) is 13.2. The van der Waals surface area contributed by atoms with E-state index >= 15 is 0 Å². The largest absolute Gasteiger partial charge is 0.495 e. The number of anilines is 1. The molecule has 2 amide bonds. The molecule has 5 nitrogen and oxygen atoms in total. The fourth-order valence-corrected chi connectivity index (χ4v) is 3.44. The Morgan fingerprint density at radius 2 is 1.56 bits per heavy atom. The van der Waals surface area contributed by atoms with E-state index in [1.807, 2.05) is 12.1 Å². The molecule has 2 N–H and O–H groups in total. The fraction of sp³-hybridized carbons (Fsp3) is 0.364. The SMILES string of the molecule is COc1ccccc1NC(=O)c1cccc(C(=O)NC2CCCCCC2)c1. The maximum atomic E-state index is 12.6. The minimum Gasteiger partial charge on any atom is -0.495 e. The van der Waals surface area contributed by atoms with Crippen LogP contribution in [0.15, 0.2) is 48.5 Å². The molecule has 27 heavy (non-hydrogen) atoms. The van der Waals surface area contributed by atoms with Crippen molar-refractivity contribution in [2.45, 2.75) is 44.6 Å². The molecule has 0 aromatic heterocycles. The summed E-state index contributed by atoms with van der Waals surface area (Å²) in [5, 5.41) is 5.96. The average Bonchev–Trinajstić information content (AvgIpc) is 2.97. The number of carbonyl (C=O) groups is 2. The summed E-state index contributed by atoms with van der Waals surface area (Å²) in [6, 6.07) is 14.3. The lowest BCUT2D eigenvalue weighted by atomic mass is 10.1. The highest BCUT2D eigenvalue weighted by molar-refractivity contribution is 6.06. The first kappa shape index (κ1) is 19.0. The number of ether oxygens (including phenoxy) is 1. The Labute approximate surface area is 160 Å². The summed E-state index contributed by atoms with van der Waals surface area (Å²) in [7, 11) is 1.56. The van der Waals surface area contributed by atoms with Crippen LogP contribution >= 0.6 is 0 Å². The monoisotopic (exact) mass is 366 g/mol. The molecular formula is C22H26N2O3. The molecule has 0 aliphatic heterocycles. The van der Waals surface area contributed by atoms with Crippen molar-refractivity contribution in [2.75, 3.05) is 12.4 Å². The molecule has 142 valence electrons. The molecule has 0 spiro atoms. The van der Waals surface area contributed by atoms with E-state index in [0.29, 0.717) is 22.6 Å². The van der Waals surface area contributed by atoms with Gasteiger partial charge in [-0.3, -0.25) is 9.59 Å². The van der Waals surface area contributed by atoms with Crippen LogP contribution in [0.2, 0.25) is 0 Å². The van der Waals surface area contributed by atoms with Crippen LogP contribution in [0.3, 0.4) is 0 Å². The van der Waals surface area contributed by atoms with E-state index in [0.717, 1.165) is 25.7 Å². The van der Waals surface area contributed by atoms with Gasteiger partial charge in [0.05, 0.1) is 12.8 Å². The number of rotatable bonds is 5. The molecule has 2 aromatic carbocycles. The summed E-state index contributed by atoms with van der Waals surface area (Å²) >= 11 is 0. The number of methoxy groups -OCH3 is 1. The Bertz CT molecular complexity index is 796. The third-order valence-electron chi connectivity index (χ3n) is 4.93. The van der Waals surface area contributed by atoms with Crippen molar-refractivity contribution in [3.05, 3.63) is 59.7 Å². The van der Waals surface area contributed by atoms with Crippen LogP contribution < -0.4 is 15.4 Å². The quantitative estimate of drug-likeness (QED) is 0.771. The van der Waals surface area contributed by atoms with Gasteiger partial charge in [-0.05, 0) is 43.2 Å². The van der Waals surface area contributed by atoms with E-state index in [4.69, 9.17) is 4.74 Å². The Kier molecular flexibility index (Phi) is 6.47. The maximum absolute atomic E-state index is 12.6. The number of benzene rings is 2. The molecule has 2 aromatic rings. The first-order valence-electron chi connectivity index (χ1n) is 9.52. The molecule has 0 saturated heterocycles. The van der Waals surface area contributed by atoms with Gasteiger partial charge in [0.1, 0.15) is 5.75 Å². The third kappa shape index (κ3) is 5.09. The molecule has 1 aliphatic carbocycles. The molecule has 0 unspecified atom stereocenters. The van der Waals surface area contributed by atoms with Crippen LogP contribution in [0.4, 0.5) is 5.69 Å². The van der Waals surface area contributed by atoms with Crippen LogP contribution in [0.25, 0.3) is 0 Å².